The molecule has 0 spiro atoms. The number of phenolic OH excluding ortho intramolecular Hbond substituents is 1. The molecule has 5 rings (SSSR count). The van der Waals surface area contributed by atoms with Gasteiger partial charge in [0.1, 0.15) is 11.5 Å². The van der Waals surface area contributed by atoms with Gasteiger partial charge in [-0.15, -0.1) is 0 Å². The molecule has 0 aliphatic carbocycles. The van der Waals surface area contributed by atoms with Crippen molar-refractivity contribution >= 4 is 5.71 Å². The summed E-state index contributed by atoms with van der Waals surface area (Å²) in [6.07, 6.45) is 0.455. The first-order valence-electron chi connectivity index (χ1n) is 9.17. The van der Waals surface area contributed by atoms with Crippen molar-refractivity contribution in [2.45, 2.75) is 25.6 Å². The highest BCUT2D eigenvalue weighted by molar-refractivity contribution is 6.04. The van der Waals surface area contributed by atoms with Gasteiger partial charge in [-0.1, -0.05) is 60.2 Å². The number of phenols is 1. The Hall–Kier alpha value is -3.27. The maximum absolute atomic E-state index is 10.4. The summed E-state index contributed by atoms with van der Waals surface area (Å²) < 4.78 is 6.33. The van der Waals surface area contributed by atoms with Crippen LogP contribution in [0.1, 0.15) is 40.9 Å². The summed E-state index contributed by atoms with van der Waals surface area (Å²) in [7, 11) is 0. The van der Waals surface area contributed by atoms with E-state index in [4.69, 9.17) is 9.84 Å². The lowest BCUT2D eigenvalue weighted by Gasteiger charge is -2.38. The van der Waals surface area contributed by atoms with Gasteiger partial charge in [-0.3, -0.25) is 0 Å². The molecule has 3 aromatic rings. The van der Waals surface area contributed by atoms with E-state index in [0.29, 0.717) is 0 Å². The Balaban J connectivity index is 1.62. The molecule has 0 radical (unpaired) electrons. The average Bonchev–Trinajstić information content (AvgIpc) is 3.15. The van der Waals surface area contributed by atoms with E-state index >= 15 is 0 Å². The van der Waals surface area contributed by atoms with Crippen molar-refractivity contribution in [3.63, 3.8) is 0 Å². The Morgan fingerprint density at radius 1 is 1.00 bits per heavy atom. The second-order valence-electron chi connectivity index (χ2n) is 7.09. The fraction of sp³-hybridized carbons (Fsp3) is 0.174. The first kappa shape index (κ1) is 15.9. The molecular weight excluding hydrogens is 336 g/mol. The molecule has 2 atom stereocenters. The fourth-order valence-electron chi connectivity index (χ4n) is 3.92. The Bertz CT molecular complexity index is 1030. The van der Waals surface area contributed by atoms with Crippen LogP contribution in [0.25, 0.3) is 0 Å². The molecule has 2 aliphatic heterocycles. The van der Waals surface area contributed by atoms with Gasteiger partial charge in [-0.2, -0.15) is 5.10 Å². The maximum atomic E-state index is 10.4. The number of hydrogen-bond donors (Lipinski definition) is 1. The molecule has 0 saturated carbocycles. The first-order chi connectivity index (χ1) is 13.2. The Labute approximate surface area is 158 Å². The highest BCUT2D eigenvalue weighted by Gasteiger charge is 2.41. The molecule has 0 bridgehead atoms. The van der Waals surface area contributed by atoms with Gasteiger partial charge in [0.25, 0.3) is 0 Å². The van der Waals surface area contributed by atoms with Crippen molar-refractivity contribution < 1.29 is 9.84 Å². The third-order valence-corrected chi connectivity index (χ3v) is 5.25. The van der Waals surface area contributed by atoms with Crippen LogP contribution in [0.4, 0.5) is 0 Å². The van der Waals surface area contributed by atoms with Gasteiger partial charge >= 0.3 is 0 Å². The predicted molar refractivity (Wildman–Crippen MR) is 105 cm³/mol. The molecule has 3 aromatic carbocycles. The topological polar surface area (TPSA) is 45.1 Å². The van der Waals surface area contributed by atoms with Crippen LogP contribution in [0.15, 0.2) is 77.9 Å². The highest BCUT2D eigenvalue weighted by Crippen LogP contribution is 2.47. The van der Waals surface area contributed by atoms with Crippen LogP contribution in [0.5, 0.6) is 11.5 Å². The lowest BCUT2D eigenvalue weighted by molar-refractivity contribution is -0.0190. The summed E-state index contributed by atoms with van der Waals surface area (Å²) >= 11 is 0. The van der Waals surface area contributed by atoms with Crippen molar-refractivity contribution in [3.8, 4) is 11.5 Å². The third kappa shape index (κ3) is 2.65. The lowest BCUT2D eigenvalue weighted by atomic mass is 9.95. The lowest BCUT2D eigenvalue weighted by Crippen LogP contribution is -2.33. The number of benzene rings is 3. The molecule has 0 saturated heterocycles. The zero-order valence-corrected chi connectivity index (χ0v) is 15.0. The van der Waals surface area contributed by atoms with Gasteiger partial charge in [0.15, 0.2) is 0 Å². The van der Waals surface area contributed by atoms with E-state index in [1.54, 1.807) is 6.07 Å². The van der Waals surface area contributed by atoms with Crippen molar-refractivity contribution in [3.05, 3.63) is 95.1 Å². The number of aromatic hydroxyl groups is 1. The van der Waals surface area contributed by atoms with Gasteiger partial charge in [0.05, 0.1) is 11.8 Å². The average molecular weight is 356 g/mol. The second kappa shape index (κ2) is 6.16. The first-order valence-corrected chi connectivity index (χ1v) is 9.17. The summed E-state index contributed by atoms with van der Waals surface area (Å²) in [6, 6.07) is 24.0. The van der Waals surface area contributed by atoms with Crippen LogP contribution in [0.2, 0.25) is 0 Å². The van der Waals surface area contributed by atoms with E-state index in [-0.39, 0.29) is 18.0 Å². The SMILES string of the molecule is Cc1ccc(O)c(C2=NN3[C@H](C2)c2ccccc2O[C@@H]3c2ccccc2)c1. The third-order valence-electron chi connectivity index (χ3n) is 5.25. The van der Waals surface area contributed by atoms with E-state index in [0.717, 1.165) is 40.1 Å². The van der Waals surface area contributed by atoms with E-state index < -0.39 is 0 Å². The molecule has 0 aromatic heterocycles. The molecule has 134 valence electrons. The van der Waals surface area contributed by atoms with Crippen LogP contribution < -0.4 is 4.74 Å². The predicted octanol–water partition coefficient (Wildman–Crippen LogP) is 4.94. The maximum Gasteiger partial charge on any atom is 0.213 e. The van der Waals surface area contributed by atoms with Crippen molar-refractivity contribution in [1.29, 1.82) is 0 Å². The molecule has 4 heteroatoms. The minimum absolute atomic E-state index is 0.0927. The van der Waals surface area contributed by atoms with Crippen molar-refractivity contribution in [2.24, 2.45) is 5.10 Å². The summed E-state index contributed by atoms with van der Waals surface area (Å²) in [6.45, 7) is 2.02. The monoisotopic (exact) mass is 356 g/mol. The largest absolute Gasteiger partial charge is 0.507 e. The molecule has 0 amide bonds. The molecular formula is C23H20N2O2. The highest BCUT2D eigenvalue weighted by atomic mass is 16.5. The smallest absolute Gasteiger partial charge is 0.213 e. The zero-order valence-electron chi connectivity index (χ0n) is 15.0. The van der Waals surface area contributed by atoms with Gasteiger partial charge in [0, 0.05) is 23.1 Å². The number of hydrogen-bond acceptors (Lipinski definition) is 4. The van der Waals surface area contributed by atoms with E-state index in [1.807, 2.05) is 60.5 Å². The number of nitrogens with zero attached hydrogens (tertiary/aromatic N) is 2. The van der Waals surface area contributed by atoms with Crippen LogP contribution in [0.3, 0.4) is 0 Å². The van der Waals surface area contributed by atoms with Crippen molar-refractivity contribution in [1.82, 2.24) is 5.01 Å². The number of fused-ring (bicyclic) bond motifs is 3. The summed E-state index contributed by atoms with van der Waals surface area (Å²) in [5.41, 5.74) is 4.99. The van der Waals surface area contributed by atoms with E-state index in [2.05, 4.69) is 18.2 Å². The van der Waals surface area contributed by atoms with Crippen molar-refractivity contribution in [2.75, 3.05) is 0 Å². The summed E-state index contributed by atoms with van der Waals surface area (Å²) in [4.78, 5) is 0. The van der Waals surface area contributed by atoms with Gasteiger partial charge in [-0.05, 0) is 25.1 Å². The quantitative estimate of drug-likeness (QED) is 0.707. The zero-order chi connectivity index (χ0) is 18.4. The molecule has 2 heterocycles. The molecule has 1 N–H and O–H groups in total. The number of para-hydroxylation sites is 1. The number of aryl methyl sites for hydroxylation is 1. The number of hydrazone groups is 1. The van der Waals surface area contributed by atoms with E-state index in [9.17, 15) is 5.11 Å². The van der Waals surface area contributed by atoms with Crippen LogP contribution in [0, 0.1) is 6.92 Å². The summed E-state index contributed by atoms with van der Waals surface area (Å²) in [5, 5.41) is 17.3. The van der Waals surface area contributed by atoms with Crippen LogP contribution in [-0.2, 0) is 0 Å². The molecule has 0 unspecified atom stereocenters. The minimum atomic E-state index is -0.282. The Morgan fingerprint density at radius 3 is 2.63 bits per heavy atom. The molecule has 0 fully saturated rings. The molecule has 4 nitrogen and oxygen atoms in total. The fourth-order valence-corrected chi connectivity index (χ4v) is 3.92. The minimum Gasteiger partial charge on any atom is -0.507 e. The van der Waals surface area contributed by atoms with E-state index in [1.165, 1.54) is 0 Å². The van der Waals surface area contributed by atoms with Gasteiger partial charge in [0.2, 0.25) is 6.23 Å². The Kier molecular flexibility index (Phi) is 3.64. The molecule has 2 aliphatic rings. The standard InChI is InChI=1S/C23H20N2O2/c1-15-11-12-21(26)18(13-15)19-14-20-17-9-5-6-10-22(17)27-23(25(20)24-19)16-7-3-2-4-8-16/h2-13,20,23,26H,14H2,1H3/t20-,23-/m1/s1. The normalized spacial score (nSPS) is 20.5. The Morgan fingerprint density at radius 2 is 1.78 bits per heavy atom. The molecule has 27 heavy (non-hydrogen) atoms. The summed E-state index contributed by atoms with van der Waals surface area (Å²) in [5.74, 6) is 1.17. The number of ether oxygens (including phenoxy) is 1. The van der Waals surface area contributed by atoms with Crippen LogP contribution >= 0.6 is 0 Å². The van der Waals surface area contributed by atoms with Crippen LogP contribution in [-0.4, -0.2) is 15.8 Å². The van der Waals surface area contributed by atoms with Gasteiger partial charge < -0.3 is 9.84 Å². The van der Waals surface area contributed by atoms with Gasteiger partial charge in [-0.25, -0.2) is 5.01 Å². The number of rotatable bonds is 2. The second-order valence-corrected chi connectivity index (χ2v) is 7.09.